The molecule has 0 N–H and O–H groups in total. The minimum atomic E-state index is -0.506. The molecular formula is C51H31FN4S. The van der Waals surface area contributed by atoms with Gasteiger partial charge in [-0.2, -0.15) is 0 Å². The lowest BCUT2D eigenvalue weighted by Gasteiger charge is -2.13. The number of rotatable bonds is 6. The number of halogens is 1. The van der Waals surface area contributed by atoms with E-state index in [1.54, 1.807) is 17.4 Å². The van der Waals surface area contributed by atoms with E-state index in [4.69, 9.17) is 21.8 Å². The summed E-state index contributed by atoms with van der Waals surface area (Å²) in [5, 5.41) is 3.79. The molecule has 4 nitrogen and oxygen atoms in total. The molecule has 0 saturated heterocycles. The fraction of sp³-hybridized carbons (Fsp3) is 0. The van der Waals surface area contributed by atoms with Crippen molar-refractivity contribution < 1.29 is 11.2 Å². The third-order valence-electron chi connectivity index (χ3n) is 10.4. The Kier molecular flexibility index (Phi) is 6.66. The van der Waals surface area contributed by atoms with Gasteiger partial charge >= 0.3 is 0 Å². The number of nitrogens with zero attached hydrogens (tertiary/aromatic N) is 4. The van der Waals surface area contributed by atoms with E-state index in [0.29, 0.717) is 16.6 Å². The molecule has 0 saturated carbocycles. The lowest BCUT2D eigenvalue weighted by molar-refractivity contribution is 0.629. The molecular weight excluding hydrogens is 720 g/mol. The molecule has 0 bridgehead atoms. The summed E-state index contributed by atoms with van der Waals surface area (Å²) in [6.45, 7) is 0. The summed E-state index contributed by atoms with van der Waals surface area (Å²) in [6, 6.07) is 49.1. The Labute approximate surface area is 338 Å². The molecule has 0 amide bonds. The SMILES string of the molecule is [2H]c1c([2H])c([2H])c(-c2nc(-c3ccccc3)nc(-c3cc(-n4c5ccccc5c5ccc(F)cc54)cc4c3sc3c(-c5cccc(-c6ccccc6)c5)cccc34)n2)c([2H])c1[2H]. The Balaban J connectivity index is 1.25. The molecule has 3 heterocycles. The monoisotopic (exact) mass is 755 g/mol. The highest BCUT2D eigenvalue weighted by Crippen LogP contribution is 2.46. The zero-order chi connectivity index (χ0) is 42.2. The fourth-order valence-electron chi connectivity index (χ4n) is 7.81. The number of fused-ring (bicyclic) bond motifs is 6. The van der Waals surface area contributed by atoms with E-state index >= 15 is 4.39 Å². The number of benzene rings is 8. The normalized spacial score (nSPS) is 12.8. The molecule has 57 heavy (non-hydrogen) atoms. The Morgan fingerprint density at radius 2 is 1.07 bits per heavy atom. The van der Waals surface area contributed by atoms with Crippen LogP contribution >= 0.6 is 11.3 Å². The van der Waals surface area contributed by atoms with Gasteiger partial charge in [0.15, 0.2) is 17.5 Å². The van der Waals surface area contributed by atoms with Gasteiger partial charge in [0.2, 0.25) is 0 Å². The van der Waals surface area contributed by atoms with Crippen LogP contribution in [0.3, 0.4) is 0 Å². The van der Waals surface area contributed by atoms with E-state index in [1.165, 1.54) is 6.07 Å². The molecule has 0 aliphatic carbocycles. The van der Waals surface area contributed by atoms with E-state index < -0.39 is 30.2 Å². The topological polar surface area (TPSA) is 43.6 Å². The second-order valence-corrected chi connectivity index (χ2v) is 14.8. The number of hydrogen-bond acceptors (Lipinski definition) is 4. The minimum Gasteiger partial charge on any atom is -0.309 e. The first-order chi connectivity index (χ1) is 30.2. The molecule has 0 aliphatic heterocycles. The molecule has 3 aromatic heterocycles. The maximum Gasteiger partial charge on any atom is 0.165 e. The Bertz CT molecular complexity index is 3580. The fourth-order valence-corrected chi connectivity index (χ4v) is 9.14. The molecule has 0 radical (unpaired) electrons. The summed E-state index contributed by atoms with van der Waals surface area (Å²) >= 11 is 1.61. The van der Waals surface area contributed by atoms with Crippen LogP contribution in [0.15, 0.2) is 188 Å². The molecule has 11 aromatic rings. The van der Waals surface area contributed by atoms with Gasteiger partial charge in [0, 0.05) is 53.3 Å². The highest BCUT2D eigenvalue weighted by molar-refractivity contribution is 7.26. The first kappa shape index (κ1) is 28.2. The average Bonchev–Trinajstić information content (AvgIpc) is 3.86. The molecule has 11 rings (SSSR count). The van der Waals surface area contributed by atoms with Crippen molar-refractivity contribution in [1.29, 1.82) is 0 Å². The first-order valence-corrected chi connectivity index (χ1v) is 19.3. The number of aromatic nitrogens is 4. The zero-order valence-corrected chi connectivity index (χ0v) is 30.9. The second-order valence-electron chi connectivity index (χ2n) is 13.8. The summed E-state index contributed by atoms with van der Waals surface area (Å²) < 4.78 is 62.2. The van der Waals surface area contributed by atoms with Crippen LogP contribution < -0.4 is 0 Å². The van der Waals surface area contributed by atoms with Gasteiger partial charge < -0.3 is 4.57 Å². The molecule has 0 aliphatic rings. The van der Waals surface area contributed by atoms with Gasteiger partial charge in [0.25, 0.3) is 0 Å². The van der Waals surface area contributed by atoms with E-state index in [2.05, 4.69) is 65.2 Å². The van der Waals surface area contributed by atoms with Gasteiger partial charge in [-0.15, -0.1) is 11.3 Å². The Hall–Kier alpha value is -7.28. The minimum absolute atomic E-state index is 0.0529. The summed E-state index contributed by atoms with van der Waals surface area (Å²) in [6.07, 6.45) is 0. The van der Waals surface area contributed by atoms with E-state index in [1.807, 2.05) is 84.9 Å². The lowest BCUT2D eigenvalue weighted by Crippen LogP contribution is -2.01. The molecule has 0 spiro atoms. The van der Waals surface area contributed by atoms with Crippen molar-refractivity contribution in [1.82, 2.24) is 19.5 Å². The van der Waals surface area contributed by atoms with Crippen LogP contribution in [0.5, 0.6) is 0 Å². The molecule has 268 valence electrons. The van der Waals surface area contributed by atoms with E-state index in [9.17, 15) is 0 Å². The highest BCUT2D eigenvalue weighted by atomic mass is 32.1. The highest BCUT2D eigenvalue weighted by Gasteiger charge is 2.22. The van der Waals surface area contributed by atoms with Gasteiger partial charge in [0.05, 0.1) is 17.9 Å². The molecule has 0 fully saturated rings. The number of thiophene rings is 1. The maximum atomic E-state index is 15.2. The van der Waals surface area contributed by atoms with Gasteiger partial charge in [-0.05, 0) is 64.7 Å². The van der Waals surface area contributed by atoms with Crippen molar-refractivity contribution in [2.75, 3.05) is 0 Å². The van der Waals surface area contributed by atoms with Crippen LogP contribution in [-0.4, -0.2) is 19.5 Å². The zero-order valence-electron chi connectivity index (χ0n) is 35.1. The van der Waals surface area contributed by atoms with Crippen LogP contribution in [0.25, 0.3) is 104 Å². The van der Waals surface area contributed by atoms with Gasteiger partial charge in [-0.25, -0.2) is 19.3 Å². The standard InChI is InChI=1S/C51H31FN4S/c52-37-26-27-41-40-22-10-11-25-45(40)56(46(41)29-37)38-30-43-42-24-13-23-39(36-21-12-20-35(28-36)32-14-4-1-5-15-32)47(42)57-48(43)44(31-38)51-54-49(33-16-6-2-7-17-33)53-50(55-51)34-18-8-3-9-19-34/h1-31H/i2D,6D,7D,16D,17D. The Morgan fingerprint density at radius 3 is 1.89 bits per heavy atom. The number of para-hydroxylation sites is 1. The third kappa shape index (κ3) is 5.69. The summed E-state index contributed by atoms with van der Waals surface area (Å²) in [7, 11) is 0. The van der Waals surface area contributed by atoms with Gasteiger partial charge in [-0.3, -0.25) is 0 Å². The first-order valence-electron chi connectivity index (χ1n) is 21.0. The van der Waals surface area contributed by atoms with Crippen molar-refractivity contribution in [3.8, 4) is 62.1 Å². The molecule has 0 atom stereocenters. The maximum absolute atomic E-state index is 15.2. The molecule has 6 heteroatoms. The van der Waals surface area contributed by atoms with Crippen LogP contribution in [0.4, 0.5) is 4.39 Å². The van der Waals surface area contributed by atoms with Crippen molar-refractivity contribution in [3.05, 3.63) is 194 Å². The van der Waals surface area contributed by atoms with Crippen molar-refractivity contribution in [2.24, 2.45) is 0 Å². The van der Waals surface area contributed by atoms with Gasteiger partial charge in [0.1, 0.15) is 5.82 Å². The summed E-state index contributed by atoms with van der Waals surface area (Å²) in [4.78, 5) is 14.9. The van der Waals surface area contributed by atoms with Crippen LogP contribution in [0.2, 0.25) is 0 Å². The Morgan fingerprint density at radius 1 is 0.439 bits per heavy atom. The largest absolute Gasteiger partial charge is 0.309 e. The van der Waals surface area contributed by atoms with Crippen molar-refractivity contribution in [3.63, 3.8) is 0 Å². The quantitative estimate of drug-likeness (QED) is 0.170. The lowest BCUT2D eigenvalue weighted by atomic mass is 9.97. The summed E-state index contributed by atoms with van der Waals surface area (Å²) in [5.74, 6) is 0.107. The van der Waals surface area contributed by atoms with E-state index in [-0.39, 0.29) is 28.9 Å². The smallest absolute Gasteiger partial charge is 0.165 e. The third-order valence-corrected chi connectivity index (χ3v) is 11.7. The van der Waals surface area contributed by atoms with Crippen LogP contribution in [-0.2, 0) is 0 Å². The summed E-state index contributed by atoms with van der Waals surface area (Å²) in [5.41, 5.74) is 7.81. The van der Waals surface area contributed by atoms with Crippen LogP contribution in [0.1, 0.15) is 6.85 Å². The average molecular weight is 756 g/mol. The van der Waals surface area contributed by atoms with Crippen molar-refractivity contribution >= 4 is 53.3 Å². The molecule has 0 unspecified atom stereocenters. The number of hydrogen-bond donors (Lipinski definition) is 0. The predicted octanol–water partition coefficient (Wildman–Crippen LogP) is 13.8. The molecule has 8 aromatic carbocycles. The van der Waals surface area contributed by atoms with Gasteiger partial charge in [-0.1, -0.05) is 145 Å². The van der Waals surface area contributed by atoms with Crippen LogP contribution in [0, 0.1) is 5.82 Å². The predicted molar refractivity (Wildman–Crippen MR) is 234 cm³/mol. The second kappa shape index (κ2) is 13.5. The van der Waals surface area contributed by atoms with Crippen molar-refractivity contribution in [2.45, 2.75) is 0 Å². The van der Waals surface area contributed by atoms with E-state index in [0.717, 1.165) is 64.4 Å².